The molecule has 0 unspecified atom stereocenters. The predicted molar refractivity (Wildman–Crippen MR) is 117 cm³/mol. The molecule has 1 aliphatic heterocycles. The van der Waals surface area contributed by atoms with E-state index in [0.717, 1.165) is 36.7 Å². The standard InChI is InChI=1S/C23H28ClNO3S/c1-16-13-25(21-6-4-17-3-5-20(24)11-18(17)12-21)14-19(16)15-28-22-7-9-23(10-8-22)29(2,26)27/h3,5,7-11,16,19,21H,4,6,12-15H2,1-2H3/t16-,19+,21+/m1/s1. The number of rotatable bonds is 5. The molecule has 29 heavy (non-hydrogen) atoms. The van der Waals surface area contributed by atoms with Crippen LogP contribution in [0.2, 0.25) is 5.02 Å². The molecule has 156 valence electrons. The van der Waals surface area contributed by atoms with Gasteiger partial charge in [0.15, 0.2) is 9.84 Å². The van der Waals surface area contributed by atoms with Crippen LogP contribution < -0.4 is 4.74 Å². The fraction of sp³-hybridized carbons (Fsp3) is 0.478. The Morgan fingerprint density at radius 2 is 1.86 bits per heavy atom. The molecule has 3 atom stereocenters. The third kappa shape index (κ3) is 4.79. The van der Waals surface area contributed by atoms with Gasteiger partial charge in [-0.2, -0.15) is 0 Å². The first-order chi connectivity index (χ1) is 13.8. The second kappa shape index (κ2) is 8.29. The summed E-state index contributed by atoms with van der Waals surface area (Å²) >= 11 is 6.20. The van der Waals surface area contributed by atoms with Gasteiger partial charge in [0.05, 0.1) is 11.5 Å². The van der Waals surface area contributed by atoms with E-state index < -0.39 is 9.84 Å². The second-order valence-corrected chi connectivity index (χ2v) is 11.0. The quantitative estimate of drug-likeness (QED) is 0.707. The topological polar surface area (TPSA) is 46.6 Å². The number of halogens is 1. The maximum Gasteiger partial charge on any atom is 0.175 e. The molecule has 4 rings (SSSR count). The van der Waals surface area contributed by atoms with Gasteiger partial charge in [-0.1, -0.05) is 24.6 Å². The van der Waals surface area contributed by atoms with Crippen LogP contribution in [0.5, 0.6) is 5.75 Å². The van der Waals surface area contributed by atoms with Crippen molar-refractivity contribution < 1.29 is 13.2 Å². The minimum Gasteiger partial charge on any atom is -0.493 e. The Hall–Kier alpha value is -1.56. The summed E-state index contributed by atoms with van der Waals surface area (Å²) < 4.78 is 29.2. The molecular weight excluding hydrogens is 406 g/mol. The zero-order chi connectivity index (χ0) is 20.6. The van der Waals surface area contributed by atoms with E-state index in [1.54, 1.807) is 24.3 Å². The van der Waals surface area contributed by atoms with Crippen LogP contribution in [0.15, 0.2) is 47.4 Å². The van der Waals surface area contributed by atoms with E-state index in [-0.39, 0.29) is 0 Å². The minimum atomic E-state index is -3.17. The minimum absolute atomic E-state index is 0.322. The van der Waals surface area contributed by atoms with E-state index in [0.29, 0.717) is 29.4 Å². The Labute approximate surface area is 178 Å². The molecule has 0 aromatic heterocycles. The Bertz CT molecular complexity index is 974. The fourth-order valence-corrected chi connectivity index (χ4v) is 5.42. The van der Waals surface area contributed by atoms with E-state index in [4.69, 9.17) is 16.3 Å². The van der Waals surface area contributed by atoms with Crippen molar-refractivity contribution in [3.05, 3.63) is 58.6 Å². The molecule has 1 saturated heterocycles. The zero-order valence-electron chi connectivity index (χ0n) is 17.0. The molecular formula is C23H28ClNO3S. The van der Waals surface area contributed by atoms with Gasteiger partial charge in [0.2, 0.25) is 0 Å². The number of benzene rings is 2. The van der Waals surface area contributed by atoms with Crippen molar-refractivity contribution >= 4 is 21.4 Å². The van der Waals surface area contributed by atoms with Gasteiger partial charge < -0.3 is 4.74 Å². The molecule has 0 saturated carbocycles. The van der Waals surface area contributed by atoms with Crippen LogP contribution in [0.4, 0.5) is 0 Å². The summed E-state index contributed by atoms with van der Waals surface area (Å²) in [6.07, 6.45) is 4.61. The van der Waals surface area contributed by atoms with Crippen molar-refractivity contribution in [1.82, 2.24) is 4.90 Å². The number of ether oxygens (including phenoxy) is 1. The smallest absolute Gasteiger partial charge is 0.175 e. The van der Waals surface area contributed by atoms with Gasteiger partial charge in [-0.15, -0.1) is 0 Å². The summed E-state index contributed by atoms with van der Waals surface area (Å²) in [6.45, 7) is 5.10. The highest BCUT2D eigenvalue weighted by molar-refractivity contribution is 7.90. The maximum atomic E-state index is 11.6. The number of hydrogen-bond donors (Lipinski definition) is 0. The Morgan fingerprint density at radius 1 is 1.10 bits per heavy atom. The highest BCUT2D eigenvalue weighted by Crippen LogP contribution is 2.32. The third-order valence-electron chi connectivity index (χ3n) is 6.40. The number of likely N-dealkylation sites (tertiary alicyclic amines) is 1. The lowest BCUT2D eigenvalue weighted by Gasteiger charge is -2.32. The van der Waals surface area contributed by atoms with E-state index in [1.807, 2.05) is 6.07 Å². The molecule has 4 nitrogen and oxygen atoms in total. The molecule has 2 aromatic rings. The van der Waals surface area contributed by atoms with E-state index in [9.17, 15) is 8.42 Å². The molecule has 1 heterocycles. The lowest BCUT2D eigenvalue weighted by Crippen LogP contribution is -2.38. The first kappa shape index (κ1) is 20.7. The fourth-order valence-electron chi connectivity index (χ4n) is 4.59. The second-order valence-electron chi connectivity index (χ2n) is 8.56. The van der Waals surface area contributed by atoms with Gasteiger partial charge in [0, 0.05) is 36.3 Å². The highest BCUT2D eigenvalue weighted by Gasteiger charge is 2.35. The molecule has 2 aliphatic rings. The van der Waals surface area contributed by atoms with Crippen molar-refractivity contribution in [2.75, 3.05) is 26.0 Å². The number of sulfone groups is 1. The molecule has 0 amide bonds. The Morgan fingerprint density at radius 3 is 2.59 bits per heavy atom. The number of aryl methyl sites for hydroxylation is 1. The highest BCUT2D eigenvalue weighted by atomic mass is 35.5. The van der Waals surface area contributed by atoms with Gasteiger partial charge in [0.25, 0.3) is 0 Å². The van der Waals surface area contributed by atoms with Crippen molar-refractivity contribution in [2.24, 2.45) is 11.8 Å². The van der Waals surface area contributed by atoms with E-state index in [2.05, 4.69) is 24.0 Å². The molecule has 0 N–H and O–H groups in total. The van der Waals surface area contributed by atoms with Crippen molar-refractivity contribution in [1.29, 1.82) is 0 Å². The first-order valence-electron chi connectivity index (χ1n) is 10.2. The Kier molecular flexibility index (Phi) is 5.92. The summed E-state index contributed by atoms with van der Waals surface area (Å²) in [5.41, 5.74) is 2.84. The summed E-state index contributed by atoms with van der Waals surface area (Å²) in [7, 11) is -3.17. The summed E-state index contributed by atoms with van der Waals surface area (Å²) in [5, 5.41) is 0.826. The zero-order valence-corrected chi connectivity index (χ0v) is 18.5. The van der Waals surface area contributed by atoms with Crippen molar-refractivity contribution in [3.8, 4) is 5.75 Å². The van der Waals surface area contributed by atoms with Crippen LogP contribution in [0, 0.1) is 11.8 Å². The van der Waals surface area contributed by atoms with Crippen molar-refractivity contribution in [3.63, 3.8) is 0 Å². The van der Waals surface area contributed by atoms with Crippen LogP contribution >= 0.6 is 11.6 Å². The Balaban J connectivity index is 1.34. The average molecular weight is 434 g/mol. The normalized spacial score (nSPS) is 25.0. The molecule has 6 heteroatoms. The van der Waals surface area contributed by atoms with Gasteiger partial charge in [-0.05, 0) is 72.7 Å². The summed E-state index contributed by atoms with van der Waals surface area (Å²) in [6, 6.07) is 13.6. The average Bonchev–Trinajstić information content (AvgIpc) is 3.06. The van der Waals surface area contributed by atoms with Crippen LogP contribution in [0.3, 0.4) is 0 Å². The largest absolute Gasteiger partial charge is 0.493 e. The first-order valence-corrected chi connectivity index (χ1v) is 12.5. The lowest BCUT2D eigenvalue weighted by atomic mass is 9.87. The van der Waals surface area contributed by atoms with Crippen LogP contribution in [0.25, 0.3) is 0 Å². The van der Waals surface area contributed by atoms with Gasteiger partial charge in [0.1, 0.15) is 5.75 Å². The van der Waals surface area contributed by atoms with E-state index in [1.165, 1.54) is 23.8 Å². The third-order valence-corrected chi connectivity index (χ3v) is 7.76. The predicted octanol–water partition coefficient (Wildman–Crippen LogP) is 4.25. The molecule has 1 fully saturated rings. The summed E-state index contributed by atoms with van der Waals surface area (Å²) in [4.78, 5) is 2.94. The molecule has 1 aliphatic carbocycles. The van der Waals surface area contributed by atoms with Gasteiger partial charge >= 0.3 is 0 Å². The monoisotopic (exact) mass is 433 g/mol. The van der Waals surface area contributed by atoms with E-state index >= 15 is 0 Å². The molecule has 0 radical (unpaired) electrons. The van der Waals surface area contributed by atoms with Gasteiger partial charge in [-0.25, -0.2) is 8.42 Å². The maximum absolute atomic E-state index is 11.6. The SMILES string of the molecule is C[C@@H]1CN([C@H]2CCc3ccc(Cl)cc3C2)C[C@H]1COc1ccc(S(C)(=O)=O)cc1. The number of hydrogen-bond acceptors (Lipinski definition) is 4. The van der Waals surface area contributed by atoms with Crippen LogP contribution in [-0.2, 0) is 22.7 Å². The van der Waals surface area contributed by atoms with Gasteiger partial charge in [-0.3, -0.25) is 4.90 Å². The lowest BCUT2D eigenvalue weighted by molar-refractivity contribution is 0.195. The molecule has 2 aromatic carbocycles. The van der Waals surface area contributed by atoms with Crippen LogP contribution in [0.1, 0.15) is 24.5 Å². The molecule has 0 spiro atoms. The number of nitrogens with zero attached hydrogens (tertiary/aromatic N) is 1. The number of fused-ring (bicyclic) bond motifs is 1. The van der Waals surface area contributed by atoms with Crippen LogP contribution in [-0.4, -0.2) is 45.3 Å². The molecule has 0 bridgehead atoms. The van der Waals surface area contributed by atoms with Crippen molar-refractivity contribution in [2.45, 2.75) is 37.1 Å². The summed E-state index contributed by atoms with van der Waals surface area (Å²) in [5.74, 6) is 1.78.